The van der Waals surface area contributed by atoms with Crippen LogP contribution in [0.3, 0.4) is 0 Å². The van der Waals surface area contributed by atoms with Gasteiger partial charge in [0.05, 0.1) is 5.56 Å². The lowest BCUT2D eigenvalue weighted by molar-refractivity contribution is -0.127. The Morgan fingerprint density at radius 1 is 1.23 bits per heavy atom. The third-order valence-corrected chi connectivity index (χ3v) is 5.55. The van der Waals surface area contributed by atoms with Crippen LogP contribution in [0.2, 0.25) is 0 Å². The van der Waals surface area contributed by atoms with Crippen molar-refractivity contribution >= 4 is 5.91 Å². The predicted octanol–water partition coefficient (Wildman–Crippen LogP) is 2.49. The van der Waals surface area contributed by atoms with Gasteiger partial charge in [-0.1, -0.05) is 45.0 Å². The van der Waals surface area contributed by atoms with Crippen LogP contribution in [-0.4, -0.2) is 41.0 Å². The normalized spacial score (nSPS) is 19.0. The first-order chi connectivity index (χ1) is 12.2. The second-order valence-electron chi connectivity index (χ2n) is 8.05. The Morgan fingerprint density at radius 2 is 1.85 bits per heavy atom. The highest BCUT2D eigenvalue weighted by molar-refractivity contribution is 5.92. The first-order valence-electron chi connectivity index (χ1n) is 8.94. The number of pyridine rings is 1. The van der Waals surface area contributed by atoms with Crippen LogP contribution in [0.15, 0.2) is 42.7 Å². The first kappa shape index (κ1) is 18.5. The summed E-state index contributed by atoms with van der Waals surface area (Å²) in [7, 11) is 2.03. The average Bonchev–Trinajstić information content (AvgIpc) is 2.59. The van der Waals surface area contributed by atoms with Crippen molar-refractivity contribution < 1.29 is 9.90 Å². The number of carbonyl (C=O) groups excluding carboxylic acids is 1. The van der Waals surface area contributed by atoms with E-state index in [1.807, 2.05) is 19.2 Å². The number of hydrogen-bond acceptors (Lipinski definition) is 4. The molecule has 2 heterocycles. The van der Waals surface area contributed by atoms with Gasteiger partial charge in [0.15, 0.2) is 0 Å². The number of amides is 1. The van der Waals surface area contributed by atoms with Crippen molar-refractivity contribution in [2.75, 3.05) is 20.1 Å². The lowest BCUT2D eigenvalue weighted by Gasteiger charge is -2.55. The fourth-order valence-electron chi connectivity index (χ4n) is 4.12. The molecule has 1 atom stereocenters. The molecule has 1 aliphatic rings. The summed E-state index contributed by atoms with van der Waals surface area (Å²) in [6.45, 7) is 7.85. The van der Waals surface area contributed by atoms with Crippen LogP contribution >= 0.6 is 0 Å². The SMILES string of the molecule is CC(C)c1ccc(C(O)(c2cncc(C(N)=O)c2)C2(C)CN(C)C2)cc1. The number of benzene rings is 1. The van der Waals surface area contributed by atoms with Crippen LogP contribution in [0.1, 0.15) is 53.7 Å². The summed E-state index contributed by atoms with van der Waals surface area (Å²) in [5.74, 6) is -0.129. The standard InChI is InChI=1S/C21H27N3O2/c1-14(2)15-5-7-17(8-6-15)21(26,20(3)12-24(4)13-20)18-9-16(19(22)25)10-23-11-18/h5-11,14,26H,12-13H2,1-4H3,(H2,22,25). The number of hydrogen-bond donors (Lipinski definition) is 2. The zero-order valence-electron chi connectivity index (χ0n) is 15.9. The number of aromatic nitrogens is 1. The van der Waals surface area contributed by atoms with Crippen molar-refractivity contribution in [3.05, 3.63) is 65.0 Å². The van der Waals surface area contributed by atoms with Gasteiger partial charge in [-0.15, -0.1) is 0 Å². The summed E-state index contributed by atoms with van der Waals surface area (Å²) in [5.41, 5.74) is 6.71. The molecular formula is C21H27N3O2. The number of rotatable bonds is 5. The third-order valence-electron chi connectivity index (χ3n) is 5.55. The molecule has 1 amide bonds. The molecule has 0 spiro atoms. The van der Waals surface area contributed by atoms with Gasteiger partial charge < -0.3 is 15.7 Å². The molecule has 0 bridgehead atoms. The minimum absolute atomic E-state index is 0.302. The Morgan fingerprint density at radius 3 is 2.35 bits per heavy atom. The van der Waals surface area contributed by atoms with Gasteiger partial charge in [0.1, 0.15) is 5.60 Å². The summed E-state index contributed by atoms with van der Waals surface area (Å²) in [6.07, 6.45) is 3.07. The van der Waals surface area contributed by atoms with Crippen molar-refractivity contribution in [2.24, 2.45) is 11.1 Å². The van der Waals surface area contributed by atoms with Gasteiger partial charge in [0.25, 0.3) is 0 Å². The van der Waals surface area contributed by atoms with Crippen LogP contribution in [0.25, 0.3) is 0 Å². The highest BCUT2D eigenvalue weighted by Crippen LogP contribution is 2.50. The van der Waals surface area contributed by atoms with Crippen LogP contribution < -0.4 is 5.73 Å². The van der Waals surface area contributed by atoms with Crippen molar-refractivity contribution in [3.63, 3.8) is 0 Å². The number of aliphatic hydroxyl groups is 1. The summed E-state index contributed by atoms with van der Waals surface area (Å²) in [6, 6.07) is 9.74. The lowest BCUT2D eigenvalue weighted by Crippen LogP contribution is -2.63. The molecule has 1 unspecified atom stereocenters. The number of primary amides is 1. The molecule has 26 heavy (non-hydrogen) atoms. The van der Waals surface area contributed by atoms with Crippen LogP contribution in [-0.2, 0) is 5.60 Å². The third kappa shape index (κ3) is 2.91. The lowest BCUT2D eigenvalue weighted by atomic mass is 9.62. The van der Waals surface area contributed by atoms with Crippen LogP contribution in [0, 0.1) is 5.41 Å². The van der Waals surface area contributed by atoms with E-state index in [4.69, 9.17) is 5.73 Å². The summed E-state index contributed by atoms with van der Waals surface area (Å²) < 4.78 is 0. The number of nitrogens with two attached hydrogens (primary N) is 1. The number of nitrogens with zero attached hydrogens (tertiary/aromatic N) is 2. The predicted molar refractivity (Wildman–Crippen MR) is 102 cm³/mol. The molecule has 0 aliphatic carbocycles. The molecule has 3 rings (SSSR count). The number of likely N-dealkylation sites (tertiary alicyclic amines) is 1. The molecule has 2 aromatic rings. The van der Waals surface area contributed by atoms with E-state index in [2.05, 4.69) is 42.8 Å². The maximum Gasteiger partial charge on any atom is 0.250 e. The second-order valence-corrected chi connectivity index (χ2v) is 8.05. The van der Waals surface area contributed by atoms with E-state index in [1.54, 1.807) is 12.3 Å². The van der Waals surface area contributed by atoms with E-state index in [-0.39, 0.29) is 5.41 Å². The largest absolute Gasteiger partial charge is 0.380 e. The maximum absolute atomic E-state index is 12.0. The summed E-state index contributed by atoms with van der Waals surface area (Å²) in [4.78, 5) is 17.9. The fourth-order valence-corrected chi connectivity index (χ4v) is 4.12. The maximum atomic E-state index is 12.0. The quantitative estimate of drug-likeness (QED) is 0.865. The van der Waals surface area contributed by atoms with Gasteiger partial charge in [-0.3, -0.25) is 9.78 Å². The minimum Gasteiger partial charge on any atom is -0.380 e. The molecule has 1 saturated heterocycles. The van der Waals surface area contributed by atoms with E-state index < -0.39 is 11.5 Å². The average molecular weight is 353 g/mol. The Balaban J connectivity index is 2.14. The van der Waals surface area contributed by atoms with Crippen LogP contribution in [0.5, 0.6) is 0 Å². The van der Waals surface area contributed by atoms with Gasteiger partial charge in [0.2, 0.25) is 5.91 Å². The topological polar surface area (TPSA) is 79.5 Å². The van der Waals surface area contributed by atoms with E-state index in [0.717, 1.165) is 18.7 Å². The first-order valence-corrected chi connectivity index (χ1v) is 8.94. The van der Waals surface area contributed by atoms with Gasteiger partial charge >= 0.3 is 0 Å². The monoisotopic (exact) mass is 353 g/mol. The molecule has 1 aromatic carbocycles. The van der Waals surface area contributed by atoms with E-state index in [0.29, 0.717) is 17.0 Å². The van der Waals surface area contributed by atoms with E-state index in [9.17, 15) is 9.90 Å². The molecule has 138 valence electrons. The molecule has 5 heteroatoms. The molecule has 0 radical (unpaired) electrons. The molecule has 5 nitrogen and oxygen atoms in total. The van der Waals surface area contributed by atoms with Crippen molar-refractivity contribution in [3.8, 4) is 0 Å². The van der Waals surface area contributed by atoms with Gasteiger partial charge in [-0.25, -0.2) is 0 Å². The molecule has 3 N–H and O–H groups in total. The summed E-state index contributed by atoms with van der Waals surface area (Å²) in [5, 5.41) is 12.0. The fraction of sp³-hybridized carbons (Fsp3) is 0.429. The molecular weight excluding hydrogens is 326 g/mol. The molecule has 0 saturated carbocycles. The number of carbonyl (C=O) groups is 1. The Bertz CT molecular complexity index is 810. The highest BCUT2D eigenvalue weighted by Gasteiger charge is 2.55. The summed E-state index contributed by atoms with van der Waals surface area (Å²) >= 11 is 0. The van der Waals surface area contributed by atoms with E-state index in [1.165, 1.54) is 11.8 Å². The van der Waals surface area contributed by atoms with Crippen LogP contribution in [0.4, 0.5) is 0 Å². The van der Waals surface area contributed by atoms with Gasteiger partial charge in [-0.2, -0.15) is 0 Å². The molecule has 1 fully saturated rings. The smallest absolute Gasteiger partial charge is 0.250 e. The molecule has 1 aromatic heterocycles. The Labute approximate surface area is 154 Å². The van der Waals surface area contributed by atoms with Crippen molar-refractivity contribution in [1.82, 2.24) is 9.88 Å². The van der Waals surface area contributed by atoms with Crippen molar-refractivity contribution in [1.29, 1.82) is 0 Å². The van der Waals surface area contributed by atoms with E-state index >= 15 is 0 Å². The second kappa shape index (κ2) is 6.49. The Hall–Kier alpha value is -2.24. The Kier molecular flexibility index (Phi) is 4.63. The zero-order valence-corrected chi connectivity index (χ0v) is 15.9. The van der Waals surface area contributed by atoms with Gasteiger partial charge in [-0.05, 0) is 30.2 Å². The molecule has 1 aliphatic heterocycles. The zero-order chi connectivity index (χ0) is 19.1. The minimum atomic E-state index is -1.26. The van der Waals surface area contributed by atoms with Gasteiger partial charge in [0, 0.05) is 36.5 Å². The van der Waals surface area contributed by atoms with Crippen molar-refractivity contribution in [2.45, 2.75) is 32.3 Å². The highest BCUT2D eigenvalue weighted by atomic mass is 16.3.